The fraction of sp³-hybridized carbons (Fsp3) is 0.250. The zero-order valence-electron chi connectivity index (χ0n) is 15.3. The number of nitrogens with zero attached hydrogens (tertiary/aromatic N) is 1. The molecular formula is C20H20FNO4S. The standard InChI is InChI=1S/C20H20FNO4S/c1-4-18-20(14-6-8-15(9-7-14)27(3,23)24)17(22-26-18)12-13-5-10-19(25-2)16(21)11-13/h5-11H,4,12H2,1-3H3. The van der Waals surface area contributed by atoms with Gasteiger partial charge in [0.1, 0.15) is 5.76 Å². The summed E-state index contributed by atoms with van der Waals surface area (Å²) in [6.45, 7) is 1.95. The van der Waals surface area contributed by atoms with Crippen molar-refractivity contribution in [2.24, 2.45) is 0 Å². The topological polar surface area (TPSA) is 69.4 Å². The summed E-state index contributed by atoms with van der Waals surface area (Å²) in [4.78, 5) is 0.250. The summed E-state index contributed by atoms with van der Waals surface area (Å²) >= 11 is 0. The quantitative estimate of drug-likeness (QED) is 0.636. The molecule has 0 aliphatic rings. The summed E-state index contributed by atoms with van der Waals surface area (Å²) in [5.41, 5.74) is 3.03. The second-order valence-electron chi connectivity index (χ2n) is 6.22. The average Bonchev–Trinajstić information content (AvgIpc) is 3.04. The molecule has 0 aliphatic carbocycles. The van der Waals surface area contributed by atoms with Gasteiger partial charge >= 0.3 is 0 Å². The Morgan fingerprint density at radius 2 is 1.85 bits per heavy atom. The maximum absolute atomic E-state index is 14.0. The molecule has 0 amide bonds. The first kappa shape index (κ1) is 19.1. The summed E-state index contributed by atoms with van der Waals surface area (Å²) in [6.07, 6.45) is 2.18. The van der Waals surface area contributed by atoms with E-state index in [0.29, 0.717) is 24.3 Å². The Labute approximate surface area is 157 Å². The Morgan fingerprint density at radius 3 is 2.41 bits per heavy atom. The number of ether oxygens (including phenoxy) is 1. The number of hydrogen-bond acceptors (Lipinski definition) is 5. The molecule has 0 bridgehead atoms. The molecule has 27 heavy (non-hydrogen) atoms. The van der Waals surface area contributed by atoms with Crippen LogP contribution in [0.2, 0.25) is 0 Å². The van der Waals surface area contributed by atoms with Crippen molar-refractivity contribution in [2.75, 3.05) is 13.4 Å². The lowest BCUT2D eigenvalue weighted by Crippen LogP contribution is -1.98. The summed E-state index contributed by atoms with van der Waals surface area (Å²) < 4.78 is 47.7. The van der Waals surface area contributed by atoms with Crippen LogP contribution in [-0.4, -0.2) is 26.9 Å². The molecule has 0 radical (unpaired) electrons. The molecule has 0 fully saturated rings. The first-order valence-corrected chi connectivity index (χ1v) is 10.3. The SMILES string of the molecule is CCc1onc(Cc2ccc(OC)c(F)c2)c1-c1ccc(S(C)(=O)=O)cc1. The molecule has 0 N–H and O–H groups in total. The van der Waals surface area contributed by atoms with E-state index in [9.17, 15) is 12.8 Å². The summed E-state index contributed by atoms with van der Waals surface area (Å²) in [7, 11) is -1.85. The fourth-order valence-corrected chi connectivity index (χ4v) is 3.56. The highest BCUT2D eigenvalue weighted by atomic mass is 32.2. The second kappa shape index (κ2) is 7.52. The third-order valence-corrected chi connectivity index (χ3v) is 5.44. The molecule has 0 atom stereocenters. The highest BCUT2D eigenvalue weighted by molar-refractivity contribution is 7.90. The first-order chi connectivity index (χ1) is 12.8. The molecule has 5 nitrogen and oxygen atoms in total. The van der Waals surface area contributed by atoms with E-state index in [-0.39, 0.29) is 10.6 Å². The minimum atomic E-state index is -3.27. The average molecular weight is 389 g/mol. The lowest BCUT2D eigenvalue weighted by atomic mass is 9.98. The highest BCUT2D eigenvalue weighted by Gasteiger charge is 2.18. The predicted molar refractivity (Wildman–Crippen MR) is 100 cm³/mol. The molecule has 3 rings (SSSR count). The molecule has 1 aromatic heterocycles. The number of methoxy groups -OCH3 is 1. The van der Waals surface area contributed by atoms with Crippen LogP contribution in [0, 0.1) is 5.82 Å². The van der Waals surface area contributed by atoms with Crippen molar-refractivity contribution in [1.82, 2.24) is 5.16 Å². The van der Waals surface area contributed by atoms with Crippen molar-refractivity contribution in [1.29, 1.82) is 0 Å². The van der Waals surface area contributed by atoms with Gasteiger partial charge in [0.05, 0.1) is 17.7 Å². The van der Waals surface area contributed by atoms with Crippen LogP contribution in [0.5, 0.6) is 5.75 Å². The molecule has 0 saturated carbocycles. The van der Waals surface area contributed by atoms with Gasteiger partial charge in [-0.05, 0) is 35.4 Å². The smallest absolute Gasteiger partial charge is 0.175 e. The molecule has 0 spiro atoms. The first-order valence-electron chi connectivity index (χ1n) is 8.43. The van der Waals surface area contributed by atoms with Crippen molar-refractivity contribution < 1.29 is 22.1 Å². The number of rotatable bonds is 6. The van der Waals surface area contributed by atoms with Crippen LogP contribution in [0.4, 0.5) is 4.39 Å². The van der Waals surface area contributed by atoms with Gasteiger partial charge in [-0.1, -0.05) is 30.3 Å². The Bertz CT molecular complexity index is 1060. The molecule has 3 aromatic rings. The van der Waals surface area contributed by atoms with Gasteiger partial charge in [-0.3, -0.25) is 0 Å². The summed E-state index contributed by atoms with van der Waals surface area (Å²) in [6, 6.07) is 11.4. The fourth-order valence-electron chi connectivity index (χ4n) is 2.93. The Hall–Kier alpha value is -2.67. The Morgan fingerprint density at radius 1 is 1.15 bits per heavy atom. The minimum absolute atomic E-state index is 0.185. The number of halogens is 1. The minimum Gasteiger partial charge on any atom is -0.494 e. The second-order valence-corrected chi connectivity index (χ2v) is 8.24. The lowest BCUT2D eigenvalue weighted by molar-refractivity contribution is 0.381. The van der Waals surface area contributed by atoms with E-state index in [4.69, 9.17) is 9.26 Å². The molecule has 2 aromatic carbocycles. The lowest BCUT2D eigenvalue weighted by Gasteiger charge is -2.07. The Kier molecular flexibility index (Phi) is 5.32. The number of hydrogen-bond donors (Lipinski definition) is 0. The van der Waals surface area contributed by atoms with Gasteiger partial charge in [0, 0.05) is 24.7 Å². The Balaban J connectivity index is 1.99. The monoisotopic (exact) mass is 389 g/mol. The van der Waals surface area contributed by atoms with Crippen molar-refractivity contribution >= 4 is 9.84 Å². The number of sulfone groups is 1. The third kappa shape index (κ3) is 4.03. The van der Waals surface area contributed by atoms with Crippen molar-refractivity contribution in [2.45, 2.75) is 24.7 Å². The van der Waals surface area contributed by atoms with E-state index < -0.39 is 15.7 Å². The molecule has 0 aliphatic heterocycles. The van der Waals surface area contributed by atoms with Crippen LogP contribution in [0.3, 0.4) is 0 Å². The van der Waals surface area contributed by atoms with E-state index >= 15 is 0 Å². The van der Waals surface area contributed by atoms with Crippen LogP contribution < -0.4 is 4.74 Å². The maximum Gasteiger partial charge on any atom is 0.175 e. The van der Waals surface area contributed by atoms with Crippen LogP contribution in [-0.2, 0) is 22.7 Å². The van der Waals surface area contributed by atoms with E-state index in [1.807, 2.05) is 6.92 Å². The zero-order chi connectivity index (χ0) is 19.6. The predicted octanol–water partition coefficient (Wildman–Crippen LogP) is 4.05. The van der Waals surface area contributed by atoms with E-state index in [0.717, 1.165) is 16.7 Å². The molecule has 1 heterocycles. The van der Waals surface area contributed by atoms with Crippen molar-refractivity contribution in [3.8, 4) is 16.9 Å². The maximum atomic E-state index is 14.0. The van der Waals surface area contributed by atoms with Gasteiger partial charge in [-0.2, -0.15) is 0 Å². The van der Waals surface area contributed by atoms with E-state index in [2.05, 4.69) is 5.16 Å². The third-order valence-electron chi connectivity index (χ3n) is 4.31. The van der Waals surface area contributed by atoms with Gasteiger partial charge in [-0.25, -0.2) is 12.8 Å². The van der Waals surface area contributed by atoms with E-state index in [1.165, 1.54) is 19.4 Å². The normalized spacial score (nSPS) is 11.6. The molecule has 0 unspecified atom stereocenters. The van der Waals surface area contributed by atoms with Crippen LogP contribution >= 0.6 is 0 Å². The number of benzene rings is 2. The van der Waals surface area contributed by atoms with Gasteiger partial charge in [-0.15, -0.1) is 0 Å². The highest BCUT2D eigenvalue weighted by Crippen LogP contribution is 2.31. The zero-order valence-corrected chi connectivity index (χ0v) is 16.1. The van der Waals surface area contributed by atoms with Gasteiger partial charge in [0.2, 0.25) is 0 Å². The van der Waals surface area contributed by atoms with Crippen LogP contribution in [0.1, 0.15) is 23.9 Å². The largest absolute Gasteiger partial charge is 0.494 e. The number of aromatic nitrogens is 1. The molecule has 142 valence electrons. The number of aryl methyl sites for hydroxylation is 1. The molecular weight excluding hydrogens is 369 g/mol. The van der Waals surface area contributed by atoms with Gasteiger partial charge in [0.25, 0.3) is 0 Å². The molecule has 7 heteroatoms. The summed E-state index contributed by atoms with van der Waals surface area (Å²) in [5.74, 6) is 0.448. The van der Waals surface area contributed by atoms with E-state index in [1.54, 1.807) is 36.4 Å². The van der Waals surface area contributed by atoms with Crippen molar-refractivity contribution in [3.05, 3.63) is 65.3 Å². The molecule has 0 saturated heterocycles. The van der Waals surface area contributed by atoms with Gasteiger partial charge < -0.3 is 9.26 Å². The van der Waals surface area contributed by atoms with Crippen LogP contribution in [0.15, 0.2) is 51.9 Å². The van der Waals surface area contributed by atoms with Crippen molar-refractivity contribution in [3.63, 3.8) is 0 Å². The van der Waals surface area contributed by atoms with Gasteiger partial charge in [0.15, 0.2) is 21.4 Å². The van der Waals surface area contributed by atoms with Crippen LogP contribution in [0.25, 0.3) is 11.1 Å². The summed E-state index contributed by atoms with van der Waals surface area (Å²) in [5, 5.41) is 4.16.